The van der Waals surface area contributed by atoms with Gasteiger partial charge in [0.05, 0.1) is 5.56 Å². The molecular weight excluding hydrogens is 551 g/mol. The van der Waals surface area contributed by atoms with Crippen molar-refractivity contribution in [1.82, 2.24) is 9.80 Å². The summed E-state index contributed by atoms with van der Waals surface area (Å²) in [6.45, 7) is 4.90. The third-order valence-electron chi connectivity index (χ3n) is 9.21. The molecule has 2 heterocycles. The number of rotatable bonds is 8. The van der Waals surface area contributed by atoms with E-state index in [1.54, 1.807) is 24.3 Å². The van der Waals surface area contributed by atoms with Crippen LogP contribution in [0.3, 0.4) is 0 Å². The summed E-state index contributed by atoms with van der Waals surface area (Å²) in [7, 11) is 0. The maximum atomic E-state index is 13.4. The Morgan fingerprint density at radius 3 is 2.09 bits per heavy atom. The standard InChI is InChI=1S/C35H36F3N3O2/c36-35(37,38)30-9-3-25(4-10-30)21-41-16-13-28-18-27-7-8-29(19-31(27)32(28)22-41)33(42)17-23-11-14-40(15-12-23)20-24-1-5-26(6-2-24)34(39)43/h1-10,19,23H,11-18,20-22H2,(H2,39,43). The number of hydrogen-bond acceptors (Lipinski definition) is 4. The SMILES string of the molecule is NC(=O)c1ccc(CN2CCC(CC(=O)c3ccc4c(c3)C3=C(CCN(Cc5ccc(C(F)(F)F)cc5)C3)C4)CC2)cc1. The summed E-state index contributed by atoms with van der Waals surface area (Å²) in [4.78, 5) is 29.4. The molecule has 1 amide bonds. The highest BCUT2D eigenvalue weighted by Gasteiger charge is 2.31. The highest BCUT2D eigenvalue weighted by atomic mass is 19.4. The number of ketones is 1. The van der Waals surface area contributed by atoms with E-state index in [1.165, 1.54) is 16.7 Å². The number of nitrogens with two attached hydrogens (primary N) is 1. The maximum absolute atomic E-state index is 13.4. The van der Waals surface area contributed by atoms with E-state index in [-0.39, 0.29) is 5.78 Å². The summed E-state index contributed by atoms with van der Waals surface area (Å²) in [5.74, 6) is 0.127. The van der Waals surface area contributed by atoms with Crippen LogP contribution in [0.25, 0.3) is 5.57 Å². The number of nitrogens with zero attached hydrogens (tertiary/aromatic N) is 2. The van der Waals surface area contributed by atoms with E-state index < -0.39 is 17.6 Å². The first kappa shape index (κ1) is 29.3. The van der Waals surface area contributed by atoms with Gasteiger partial charge in [-0.05, 0) is 103 Å². The summed E-state index contributed by atoms with van der Waals surface area (Å²) in [5.41, 5.74) is 13.1. The number of alkyl halides is 3. The van der Waals surface area contributed by atoms with Crippen LogP contribution in [0.2, 0.25) is 0 Å². The minimum Gasteiger partial charge on any atom is -0.366 e. The van der Waals surface area contributed by atoms with Crippen LogP contribution in [0.15, 0.2) is 72.3 Å². The molecule has 8 heteroatoms. The van der Waals surface area contributed by atoms with Crippen molar-refractivity contribution in [3.05, 3.63) is 111 Å². The van der Waals surface area contributed by atoms with E-state index in [9.17, 15) is 22.8 Å². The van der Waals surface area contributed by atoms with Gasteiger partial charge in [0.15, 0.2) is 5.78 Å². The average Bonchev–Trinajstić information content (AvgIpc) is 3.35. The van der Waals surface area contributed by atoms with Gasteiger partial charge in [-0.15, -0.1) is 0 Å². The fourth-order valence-electron chi connectivity index (χ4n) is 6.70. The van der Waals surface area contributed by atoms with E-state index >= 15 is 0 Å². The predicted molar refractivity (Wildman–Crippen MR) is 160 cm³/mol. The number of piperidine rings is 1. The molecule has 0 atom stereocenters. The second kappa shape index (κ2) is 12.1. The number of hydrogen-bond donors (Lipinski definition) is 1. The average molecular weight is 588 g/mol. The lowest BCUT2D eigenvalue weighted by Crippen LogP contribution is -2.34. The molecule has 0 bridgehead atoms. The lowest BCUT2D eigenvalue weighted by Gasteiger charge is -2.31. The highest BCUT2D eigenvalue weighted by Crippen LogP contribution is 2.39. The Morgan fingerprint density at radius 1 is 0.814 bits per heavy atom. The Hall–Kier alpha value is -3.75. The lowest BCUT2D eigenvalue weighted by atomic mass is 9.88. The molecule has 0 saturated carbocycles. The van der Waals surface area contributed by atoms with Gasteiger partial charge in [0.25, 0.3) is 0 Å². The molecule has 0 aromatic heterocycles. The number of primary amides is 1. The fraction of sp³-hybridized carbons (Fsp3) is 0.371. The first-order valence-electron chi connectivity index (χ1n) is 15.0. The normalized spacial score (nSPS) is 18.0. The van der Waals surface area contributed by atoms with Crippen molar-refractivity contribution >= 4 is 17.3 Å². The van der Waals surface area contributed by atoms with Crippen LogP contribution in [-0.4, -0.2) is 47.7 Å². The zero-order valence-corrected chi connectivity index (χ0v) is 24.1. The minimum absolute atomic E-state index is 0.190. The zero-order valence-electron chi connectivity index (χ0n) is 24.1. The van der Waals surface area contributed by atoms with Gasteiger partial charge in [0.1, 0.15) is 0 Å². The summed E-state index contributed by atoms with van der Waals surface area (Å²) in [6, 6.07) is 19.0. The monoisotopic (exact) mass is 587 g/mol. The summed E-state index contributed by atoms with van der Waals surface area (Å²) in [6.07, 6.45) is 0.0190. The molecule has 6 rings (SSSR count). The molecular formula is C35H36F3N3O2. The predicted octanol–water partition coefficient (Wildman–Crippen LogP) is 6.50. The molecule has 3 aromatic carbocycles. The molecule has 3 aliphatic rings. The molecule has 1 saturated heterocycles. The summed E-state index contributed by atoms with van der Waals surface area (Å²) in [5, 5.41) is 0. The van der Waals surface area contributed by atoms with Gasteiger partial charge in [-0.25, -0.2) is 0 Å². The van der Waals surface area contributed by atoms with Crippen LogP contribution in [0.4, 0.5) is 13.2 Å². The van der Waals surface area contributed by atoms with Crippen molar-refractivity contribution in [2.75, 3.05) is 26.2 Å². The molecule has 1 fully saturated rings. The minimum atomic E-state index is -4.33. The van der Waals surface area contributed by atoms with Crippen molar-refractivity contribution in [2.24, 2.45) is 11.7 Å². The van der Waals surface area contributed by atoms with Gasteiger partial charge in [0.2, 0.25) is 5.91 Å². The topological polar surface area (TPSA) is 66.6 Å². The number of Topliss-reactive ketones (excluding diaryl/α,β-unsaturated/α-hetero) is 1. The van der Waals surface area contributed by atoms with E-state index in [2.05, 4.69) is 21.9 Å². The summed E-state index contributed by atoms with van der Waals surface area (Å²) < 4.78 is 38.9. The molecule has 43 heavy (non-hydrogen) atoms. The number of likely N-dealkylation sites (tertiary alicyclic amines) is 1. The Kier molecular flexibility index (Phi) is 8.25. The van der Waals surface area contributed by atoms with E-state index in [0.717, 1.165) is 92.8 Å². The quantitative estimate of drug-likeness (QED) is 0.306. The fourth-order valence-corrected chi connectivity index (χ4v) is 6.70. The van der Waals surface area contributed by atoms with E-state index in [4.69, 9.17) is 5.73 Å². The van der Waals surface area contributed by atoms with Crippen LogP contribution in [0, 0.1) is 5.92 Å². The van der Waals surface area contributed by atoms with Gasteiger partial charge in [-0.3, -0.25) is 19.4 Å². The Balaban J connectivity index is 1.03. The van der Waals surface area contributed by atoms with Crippen LogP contribution < -0.4 is 5.73 Å². The lowest BCUT2D eigenvalue weighted by molar-refractivity contribution is -0.137. The van der Waals surface area contributed by atoms with Crippen LogP contribution in [-0.2, 0) is 25.7 Å². The van der Waals surface area contributed by atoms with Gasteiger partial charge >= 0.3 is 6.18 Å². The number of fused-ring (bicyclic) bond motifs is 2. The van der Waals surface area contributed by atoms with Crippen molar-refractivity contribution in [3.8, 4) is 0 Å². The Morgan fingerprint density at radius 2 is 1.44 bits per heavy atom. The molecule has 3 aromatic rings. The van der Waals surface area contributed by atoms with Crippen molar-refractivity contribution in [1.29, 1.82) is 0 Å². The third kappa shape index (κ3) is 6.76. The molecule has 2 aliphatic heterocycles. The van der Waals surface area contributed by atoms with Gasteiger partial charge in [-0.2, -0.15) is 13.2 Å². The van der Waals surface area contributed by atoms with Gasteiger partial charge in [0, 0.05) is 43.7 Å². The summed E-state index contributed by atoms with van der Waals surface area (Å²) >= 11 is 0. The van der Waals surface area contributed by atoms with Crippen LogP contribution >= 0.6 is 0 Å². The van der Waals surface area contributed by atoms with Crippen LogP contribution in [0.5, 0.6) is 0 Å². The highest BCUT2D eigenvalue weighted by molar-refractivity contribution is 5.98. The Labute approximate surface area is 250 Å². The van der Waals surface area contributed by atoms with Gasteiger partial charge in [-0.1, -0.05) is 42.0 Å². The molecule has 224 valence electrons. The smallest absolute Gasteiger partial charge is 0.366 e. The molecule has 1 aliphatic carbocycles. The number of carbonyl (C=O) groups is 2. The molecule has 0 radical (unpaired) electrons. The first-order valence-corrected chi connectivity index (χ1v) is 15.0. The second-order valence-corrected chi connectivity index (χ2v) is 12.2. The number of halogens is 3. The molecule has 0 unspecified atom stereocenters. The number of amides is 1. The largest absolute Gasteiger partial charge is 0.416 e. The molecule has 5 nitrogen and oxygen atoms in total. The Bertz CT molecular complexity index is 1540. The molecule has 0 spiro atoms. The maximum Gasteiger partial charge on any atom is 0.416 e. The third-order valence-corrected chi connectivity index (χ3v) is 9.21. The van der Waals surface area contributed by atoms with Gasteiger partial charge < -0.3 is 5.73 Å². The molecule has 2 N–H and O–H groups in total. The van der Waals surface area contributed by atoms with E-state index in [1.807, 2.05) is 18.2 Å². The second-order valence-electron chi connectivity index (χ2n) is 12.2. The van der Waals surface area contributed by atoms with Crippen molar-refractivity contribution < 1.29 is 22.8 Å². The van der Waals surface area contributed by atoms with Crippen molar-refractivity contribution in [3.63, 3.8) is 0 Å². The number of benzene rings is 3. The zero-order chi connectivity index (χ0) is 30.1. The van der Waals surface area contributed by atoms with Crippen molar-refractivity contribution in [2.45, 2.75) is 51.4 Å². The first-order chi connectivity index (χ1) is 20.6. The number of carbonyl (C=O) groups excluding carboxylic acids is 2. The van der Waals surface area contributed by atoms with E-state index in [0.29, 0.717) is 24.4 Å². The van der Waals surface area contributed by atoms with Crippen LogP contribution in [0.1, 0.15) is 74.2 Å².